The van der Waals surface area contributed by atoms with Crippen molar-refractivity contribution in [3.05, 3.63) is 21.4 Å². The molecule has 70 valence electrons. The molecule has 0 fully saturated rings. The van der Waals surface area contributed by atoms with Crippen LogP contribution in [0.15, 0.2) is 4.47 Å². The van der Waals surface area contributed by atoms with E-state index in [4.69, 9.17) is 0 Å². The first-order valence-corrected chi connectivity index (χ1v) is 4.32. The van der Waals surface area contributed by atoms with Crippen LogP contribution in [-0.2, 0) is 4.74 Å². The van der Waals surface area contributed by atoms with Crippen LogP contribution in [0.2, 0.25) is 0 Å². The monoisotopic (exact) mass is 245 g/mol. The minimum absolute atomic E-state index is 0.182. The van der Waals surface area contributed by atoms with Crippen LogP contribution in [0, 0.1) is 6.92 Å². The maximum absolute atomic E-state index is 11.1. The van der Waals surface area contributed by atoms with Gasteiger partial charge in [-0.15, -0.1) is 0 Å². The molecule has 0 aromatic carbocycles. The molecule has 0 amide bonds. The van der Waals surface area contributed by atoms with Crippen molar-refractivity contribution in [2.24, 2.45) is 0 Å². The number of rotatable bonds is 2. The molecule has 1 aromatic heterocycles. The van der Waals surface area contributed by atoms with Gasteiger partial charge >= 0.3 is 5.97 Å². The predicted octanol–water partition coefficient (Wildman–Crippen LogP) is 1.68. The van der Waals surface area contributed by atoms with Crippen molar-refractivity contribution in [1.82, 2.24) is 4.98 Å². The highest BCUT2D eigenvalue weighted by atomic mass is 79.9. The number of carbonyl (C=O) groups excluding carboxylic acids is 2. The Hall–Kier alpha value is -1.10. The van der Waals surface area contributed by atoms with Gasteiger partial charge in [-0.1, -0.05) is 0 Å². The van der Waals surface area contributed by atoms with Crippen molar-refractivity contribution in [3.8, 4) is 0 Å². The average molecular weight is 246 g/mol. The highest BCUT2D eigenvalue weighted by Crippen LogP contribution is 2.23. The van der Waals surface area contributed by atoms with Crippen LogP contribution in [0.3, 0.4) is 0 Å². The molecule has 0 spiro atoms. The number of halogens is 1. The van der Waals surface area contributed by atoms with Gasteiger partial charge < -0.3 is 9.72 Å². The molecule has 0 aliphatic carbocycles. The van der Waals surface area contributed by atoms with E-state index in [2.05, 4.69) is 25.7 Å². The van der Waals surface area contributed by atoms with Gasteiger partial charge in [0.05, 0.1) is 12.7 Å². The van der Waals surface area contributed by atoms with Gasteiger partial charge in [0.2, 0.25) is 0 Å². The van der Waals surface area contributed by atoms with Crippen LogP contribution in [-0.4, -0.2) is 24.3 Å². The molecule has 1 aromatic rings. The van der Waals surface area contributed by atoms with Gasteiger partial charge in [0.25, 0.3) is 0 Å². The molecular weight excluding hydrogens is 238 g/mol. The molecule has 1 heterocycles. The maximum atomic E-state index is 11.1. The van der Waals surface area contributed by atoms with Gasteiger partial charge in [0.15, 0.2) is 6.29 Å². The van der Waals surface area contributed by atoms with Crippen molar-refractivity contribution >= 4 is 28.2 Å². The first kappa shape index (κ1) is 9.98. The van der Waals surface area contributed by atoms with Crippen LogP contribution in [0.25, 0.3) is 0 Å². The van der Waals surface area contributed by atoms with Crippen molar-refractivity contribution in [2.75, 3.05) is 7.11 Å². The van der Waals surface area contributed by atoms with Gasteiger partial charge in [-0.3, -0.25) is 4.79 Å². The molecule has 0 atom stereocenters. The van der Waals surface area contributed by atoms with Crippen LogP contribution in [0.1, 0.15) is 26.5 Å². The molecule has 13 heavy (non-hydrogen) atoms. The number of carbonyl (C=O) groups is 2. The Morgan fingerprint density at radius 2 is 2.23 bits per heavy atom. The third-order valence-corrected chi connectivity index (χ3v) is 2.68. The molecule has 5 heteroatoms. The van der Waals surface area contributed by atoms with Crippen molar-refractivity contribution in [2.45, 2.75) is 6.92 Å². The fourth-order valence-electron chi connectivity index (χ4n) is 0.995. The van der Waals surface area contributed by atoms with E-state index in [0.717, 1.165) is 5.69 Å². The van der Waals surface area contributed by atoms with Gasteiger partial charge in [-0.25, -0.2) is 4.79 Å². The highest BCUT2D eigenvalue weighted by Gasteiger charge is 2.18. The summed E-state index contributed by atoms with van der Waals surface area (Å²) in [6.07, 6.45) is 0.611. The lowest BCUT2D eigenvalue weighted by Crippen LogP contribution is -2.04. The van der Waals surface area contributed by atoms with Crippen molar-refractivity contribution in [3.63, 3.8) is 0 Å². The van der Waals surface area contributed by atoms with Crippen LogP contribution in [0.5, 0.6) is 0 Å². The maximum Gasteiger partial charge on any atom is 0.355 e. The highest BCUT2D eigenvalue weighted by molar-refractivity contribution is 9.10. The van der Waals surface area contributed by atoms with E-state index in [1.54, 1.807) is 6.92 Å². The molecule has 0 radical (unpaired) electrons. The SMILES string of the molecule is COC(=O)c1[nH]c(C)c(Br)c1C=O. The minimum atomic E-state index is -0.545. The van der Waals surface area contributed by atoms with E-state index in [1.165, 1.54) is 7.11 Å². The van der Waals surface area contributed by atoms with Crippen LogP contribution < -0.4 is 0 Å². The van der Waals surface area contributed by atoms with Gasteiger partial charge in [-0.2, -0.15) is 0 Å². The summed E-state index contributed by atoms with van der Waals surface area (Å²) in [6.45, 7) is 1.75. The topological polar surface area (TPSA) is 59.2 Å². The van der Waals surface area contributed by atoms with Gasteiger partial charge in [0.1, 0.15) is 5.69 Å². The summed E-state index contributed by atoms with van der Waals surface area (Å²) in [6, 6.07) is 0. The number of esters is 1. The van der Waals surface area contributed by atoms with Crippen molar-refractivity contribution in [1.29, 1.82) is 0 Å². The smallest absolute Gasteiger partial charge is 0.355 e. The number of aromatic amines is 1. The molecule has 1 N–H and O–H groups in total. The predicted molar refractivity (Wildman–Crippen MR) is 50.0 cm³/mol. The molecular formula is C8H8BrNO3. The number of hydrogen-bond acceptors (Lipinski definition) is 3. The summed E-state index contributed by atoms with van der Waals surface area (Å²) >= 11 is 3.19. The first-order valence-electron chi connectivity index (χ1n) is 3.53. The fraction of sp³-hybridized carbons (Fsp3) is 0.250. The van der Waals surface area contributed by atoms with E-state index in [1.807, 2.05) is 0 Å². The Balaban J connectivity index is 3.29. The molecule has 0 saturated carbocycles. The van der Waals surface area contributed by atoms with Crippen LogP contribution in [0.4, 0.5) is 0 Å². The zero-order valence-corrected chi connectivity index (χ0v) is 8.77. The summed E-state index contributed by atoms with van der Waals surface area (Å²) in [5, 5.41) is 0. The number of methoxy groups -OCH3 is 1. The third-order valence-electron chi connectivity index (χ3n) is 1.65. The van der Waals surface area contributed by atoms with Crippen LogP contribution >= 0.6 is 15.9 Å². The molecule has 0 aliphatic rings. The number of nitrogens with one attached hydrogen (secondary N) is 1. The number of hydrogen-bond donors (Lipinski definition) is 1. The third kappa shape index (κ3) is 1.65. The van der Waals surface area contributed by atoms with E-state index >= 15 is 0 Å². The second-order valence-electron chi connectivity index (χ2n) is 2.46. The van der Waals surface area contributed by atoms with E-state index in [9.17, 15) is 9.59 Å². The lowest BCUT2D eigenvalue weighted by Gasteiger charge is -1.95. The second kappa shape index (κ2) is 3.74. The molecule has 0 unspecified atom stereocenters. The Bertz CT molecular complexity index is 357. The standard InChI is InChI=1S/C8H8BrNO3/c1-4-6(9)5(3-11)7(10-4)8(12)13-2/h3,10H,1-2H3. The van der Waals surface area contributed by atoms with Gasteiger partial charge in [0, 0.05) is 10.2 Å². The lowest BCUT2D eigenvalue weighted by molar-refractivity contribution is 0.0592. The lowest BCUT2D eigenvalue weighted by atomic mass is 10.2. The summed E-state index contributed by atoms with van der Waals surface area (Å²) < 4.78 is 5.10. The molecule has 0 aliphatic heterocycles. The molecule has 0 bridgehead atoms. The quantitative estimate of drug-likeness (QED) is 0.638. The summed E-state index contributed by atoms with van der Waals surface area (Å²) in [7, 11) is 1.26. The number of H-pyrrole nitrogens is 1. The number of ether oxygens (including phenoxy) is 1. The first-order chi connectivity index (χ1) is 6.11. The second-order valence-corrected chi connectivity index (χ2v) is 3.26. The summed E-state index contributed by atoms with van der Waals surface area (Å²) in [5.74, 6) is -0.545. The summed E-state index contributed by atoms with van der Waals surface area (Å²) in [5.41, 5.74) is 1.20. The van der Waals surface area contributed by atoms with E-state index in [-0.39, 0.29) is 5.69 Å². The fourth-order valence-corrected chi connectivity index (χ4v) is 1.39. The molecule has 1 rings (SSSR count). The Kier molecular flexibility index (Phi) is 2.87. The zero-order chi connectivity index (χ0) is 10.0. The van der Waals surface area contributed by atoms with E-state index in [0.29, 0.717) is 16.3 Å². The summed E-state index contributed by atoms with van der Waals surface area (Å²) in [4.78, 5) is 24.5. The molecule has 4 nitrogen and oxygen atoms in total. The largest absolute Gasteiger partial charge is 0.464 e. The number of aryl methyl sites for hydroxylation is 1. The molecule has 0 saturated heterocycles. The van der Waals surface area contributed by atoms with Crippen molar-refractivity contribution < 1.29 is 14.3 Å². The number of aldehydes is 1. The number of aromatic nitrogens is 1. The Morgan fingerprint density at radius 3 is 2.69 bits per heavy atom. The van der Waals surface area contributed by atoms with Gasteiger partial charge in [-0.05, 0) is 22.9 Å². The average Bonchev–Trinajstić information content (AvgIpc) is 2.42. The Labute approximate surface area is 83.4 Å². The minimum Gasteiger partial charge on any atom is -0.464 e. The zero-order valence-electron chi connectivity index (χ0n) is 7.18. The Morgan fingerprint density at radius 1 is 1.62 bits per heavy atom. The van der Waals surface area contributed by atoms with E-state index < -0.39 is 5.97 Å². The normalized spacial score (nSPS) is 9.77.